The summed E-state index contributed by atoms with van der Waals surface area (Å²) in [6, 6.07) is 4.77. The van der Waals surface area contributed by atoms with E-state index < -0.39 is 33.9 Å². The molecule has 1 fully saturated rings. The molecule has 0 spiro atoms. The number of halogens is 1. The minimum Gasteiger partial charge on any atom is -0.477 e. The first-order valence-electron chi connectivity index (χ1n) is 9.95. The van der Waals surface area contributed by atoms with Gasteiger partial charge in [-0.25, -0.2) is 14.2 Å². The van der Waals surface area contributed by atoms with Gasteiger partial charge in [-0.2, -0.15) is 0 Å². The van der Waals surface area contributed by atoms with Gasteiger partial charge in [-0.3, -0.25) is 9.78 Å². The van der Waals surface area contributed by atoms with E-state index in [1.54, 1.807) is 21.9 Å². The molecule has 9 heteroatoms. The number of nitrogens with zero attached hydrogens (tertiary/aromatic N) is 4. The lowest BCUT2D eigenvalue weighted by Gasteiger charge is -2.28. The van der Waals surface area contributed by atoms with E-state index in [0.29, 0.717) is 19.5 Å². The van der Waals surface area contributed by atoms with Crippen molar-refractivity contribution in [3.05, 3.63) is 64.0 Å². The molecule has 4 heterocycles. The Morgan fingerprint density at radius 2 is 1.97 bits per heavy atom. The number of nitrogens with two attached hydrogens (primary N) is 1. The minimum absolute atomic E-state index is 0.0663. The molecule has 0 aromatic carbocycles. The van der Waals surface area contributed by atoms with Crippen molar-refractivity contribution in [2.75, 3.05) is 18.0 Å². The van der Waals surface area contributed by atoms with Crippen LogP contribution in [-0.2, 0) is 11.1 Å². The van der Waals surface area contributed by atoms with Gasteiger partial charge in [0.1, 0.15) is 11.2 Å². The molecule has 3 aromatic rings. The molecule has 1 aliphatic rings. The molecule has 0 amide bonds. The molecule has 3 N–H and O–H groups in total. The molecule has 8 nitrogen and oxygen atoms in total. The van der Waals surface area contributed by atoms with Gasteiger partial charge in [0.25, 0.3) is 0 Å². The van der Waals surface area contributed by atoms with Crippen LogP contribution in [0.5, 0.6) is 0 Å². The van der Waals surface area contributed by atoms with Gasteiger partial charge < -0.3 is 20.3 Å². The van der Waals surface area contributed by atoms with Crippen molar-refractivity contribution in [1.82, 2.24) is 14.5 Å². The summed E-state index contributed by atoms with van der Waals surface area (Å²) in [5, 5.41) is 9.36. The summed E-state index contributed by atoms with van der Waals surface area (Å²) in [7, 11) is 0. The maximum atomic E-state index is 15.1. The SMILES string of the molecule is CC(C)(C)n1cc(C(=O)O)c(=O)c2cc(F)c(N3CCC(N)(c4ccncc4)C3)nc21. The summed E-state index contributed by atoms with van der Waals surface area (Å²) in [6.45, 7) is 6.41. The largest absolute Gasteiger partial charge is 0.477 e. The first kappa shape index (κ1) is 20.9. The number of anilines is 1. The van der Waals surface area contributed by atoms with Crippen LogP contribution < -0.4 is 16.1 Å². The molecule has 0 aliphatic carbocycles. The van der Waals surface area contributed by atoms with Gasteiger partial charge in [0, 0.05) is 37.2 Å². The van der Waals surface area contributed by atoms with Crippen molar-refractivity contribution >= 4 is 22.8 Å². The Bertz CT molecular complexity index is 1240. The highest BCUT2D eigenvalue weighted by molar-refractivity contribution is 5.92. The maximum absolute atomic E-state index is 15.1. The molecule has 3 aromatic heterocycles. The van der Waals surface area contributed by atoms with Gasteiger partial charge in [0.2, 0.25) is 5.43 Å². The molecule has 4 rings (SSSR count). The number of aromatic nitrogens is 3. The number of fused-ring (bicyclic) bond motifs is 1. The standard InChI is InChI=1S/C22H24FN5O3/c1-21(2,3)28-11-15(20(30)31)17(29)14-10-16(23)19(26-18(14)28)27-9-6-22(24,12-27)13-4-7-25-8-5-13/h4-5,7-8,10-11H,6,9,12,24H2,1-3H3,(H,30,31). The fraction of sp³-hybridized carbons (Fsp3) is 0.364. The predicted octanol–water partition coefficient (Wildman–Crippen LogP) is 2.45. The number of rotatable bonds is 3. The van der Waals surface area contributed by atoms with Gasteiger partial charge in [-0.05, 0) is 51.0 Å². The van der Waals surface area contributed by atoms with E-state index in [9.17, 15) is 14.7 Å². The molecule has 162 valence electrons. The van der Waals surface area contributed by atoms with Crippen molar-refractivity contribution in [2.45, 2.75) is 38.3 Å². The molecule has 1 unspecified atom stereocenters. The smallest absolute Gasteiger partial charge is 0.341 e. The first-order chi connectivity index (χ1) is 14.5. The van der Waals surface area contributed by atoms with E-state index in [4.69, 9.17) is 5.73 Å². The number of carbonyl (C=O) groups is 1. The van der Waals surface area contributed by atoms with Gasteiger partial charge in [0.15, 0.2) is 11.6 Å². The second-order valence-corrected chi connectivity index (χ2v) is 8.95. The summed E-state index contributed by atoms with van der Waals surface area (Å²) in [4.78, 5) is 34.5. The minimum atomic E-state index is -1.36. The maximum Gasteiger partial charge on any atom is 0.341 e. The molecule has 0 saturated carbocycles. The lowest BCUT2D eigenvalue weighted by atomic mass is 9.91. The molecular formula is C22H24FN5O3. The van der Waals surface area contributed by atoms with E-state index in [0.717, 1.165) is 11.6 Å². The summed E-state index contributed by atoms with van der Waals surface area (Å²) in [6.07, 6.45) is 5.21. The van der Waals surface area contributed by atoms with E-state index in [1.165, 1.54) is 6.20 Å². The average Bonchev–Trinajstić information content (AvgIpc) is 3.11. The Kier molecular flexibility index (Phi) is 4.81. The fourth-order valence-electron chi connectivity index (χ4n) is 4.03. The number of carboxylic acid groups (broad SMARTS) is 1. The third kappa shape index (κ3) is 3.54. The summed E-state index contributed by atoms with van der Waals surface area (Å²) in [5.74, 6) is -1.96. The molecular weight excluding hydrogens is 401 g/mol. The lowest BCUT2D eigenvalue weighted by molar-refractivity contribution is 0.0694. The zero-order valence-corrected chi connectivity index (χ0v) is 17.6. The van der Waals surface area contributed by atoms with Gasteiger partial charge in [0.05, 0.1) is 10.9 Å². The van der Waals surface area contributed by atoms with Crippen molar-refractivity contribution in [3.8, 4) is 0 Å². The van der Waals surface area contributed by atoms with E-state index in [2.05, 4.69) is 9.97 Å². The Hall–Kier alpha value is -3.33. The third-order valence-corrected chi connectivity index (χ3v) is 5.72. The number of carboxylic acids is 1. The van der Waals surface area contributed by atoms with E-state index in [1.807, 2.05) is 32.9 Å². The van der Waals surface area contributed by atoms with E-state index >= 15 is 4.39 Å². The number of hydrogen-bond acceptors (Lipinski definition) is 6. The summed E-state index contributed by atoms with van der Waals surface area (Å²) < 4.78 is 16.7. The van der Waals surface area contributed by atoms with Crippen LogP contribution in [0.3, 0.4) is 0 Å². The topological polar surface area (TPSA) is 114 Å². The normalized spacial score (nSPS) is 19.2. The van der Waals surface area contributed by atoms with Crippen LogP contribution in [0.25, 0.3) is 11.0 Å². The first-order valence-corrected chi connectivity index (χ1v) is 9.95. The second kappa shape index (κ2) is 7.12. The molecule has 31 heavy (non-hydrogen) atoms. The molecule has 0 bridgehead atoms. The van der Waals surface area contributed by atoms with Gasteiger partial charge in [-0.15, -0.1) is 0 Å². The van der Waals surface area contributed by atoms with Crippen LogP contribution in [0.1, 0.15) is 43.1 Å². The quantitative estimate of drug-likeness (QED) is 0.662. The Morgan fingerprint density at radius 1 is 1.29 bits per heavy atom. The highest BCUT2D eigenvalue weighted by Gasteiger charge is 2.38. The van der Waals surface area contributed by atoms with Crippen molar-refractivity contribution in [2.24, 2.45) is 5.73 Å². The fourth-order valence-corrected chi connectivity index (χ4v) is 4.03. The van der Waals surface area contributed by atoms with Crippen LogP contribution in [0.2, 0.25) is 0 Å². The molecule has 1 aliphatic heterocycles. The molecule has 1 atom stereocenters. The highest BCUT2D eigenvalue weighted by Crippen LogP contribution is 2.34. The second-order valence-electron chi connectivity index (χ2n) is 8.95. The highest BCUT2D eigenvalue weighted by atomic mass is 19.1. The van der Waals surface area contributed by atoms with Crippen molar-refractivity contribution in [1.29, 1.82) is 0 Å². The van der Waals surface area contributed by atoms with Crippen molar-refractivity contribution in [3.63, 3.8) is 0 Å². The summed E-state index contributed by atoms with van der Waals surface area (Å²) in [5.41, 5.74) is 5.31. The zero-order chi connectivity index (χ0) is 22.6. The van der Waals surface area contributed by atoms with Crippen LogP contribution in [0, 0.1) is 5.82 Å². The van der Waals surface area contributed by atoms with Crippen molar-refractivity contribution < 1.29 is 14.3 Å². The summed E-state index contributed by atoms with van der Waals surface area (Å²) >= 11 is 0. The van der Waals surface area contributed by atoms with Crippen LogP contribution in [0.15, 0.2) is 41.6 Å². The van der Waals surface area contributed by atoms with Crippen LogP contribution in [-0.4, -0.2) is 38.7 Å². The zero-order valence-electron chi connectivity index (χ0n) is 17.6. The predicted molar refractivity (Wildman–Crippen MR) is 115 cm³/mol. The number of pyridine rings is 3. The van der Waals surface area contributed by atoms with E-state index in [-0.39, 0.29) is 16.9 Å². The number of hydrogen-bond donors (Lipinski definition) is 2. The Morgan fingerprint density at radius 3 is 2.58 bits per heavy atom. The monoisotopic (exact) mass is 425 g/mol. The Labute approximate surface area is 178 Å². The van der Waals surface area contributed by atoms with Crippen LogP contribution >= 0.6 is 0 Å². The van der Waals surface area contributed by atoms with Crippen LogP contribution in [0.4, 0.5) is 10.2 Å². The van der Waals surface area contributed by atoms with Gasteiger partial charge in [-0.1, -0.05) is 0 Å². The number of aromatic carboxylic acids is 1. The third-order valence-electron chi connectivity index (χ3n) is 5.72. The Balaban J connectivity index is 1.86. The molecule has 1 saturated heterocycles. The average molecular weight is 425 g/mol. The molecule has 0 radical (unpaired) electrons. The van der Waals surface area contributed by atoms with Gasteiger partial charge >= 0.3 is 5.97 Å². The lowest BCUT2D eigenvalue weighted by Crippen LogP contribution is -2.40.